The molecule has 0 bridgehead atoms. The molecule has 0 aliphatic heterocycles. The molecule has 17 heavy (non-hydrogen) atoms. The Morgan fingerprint density at radius 1 is 1.35 bits per heavy atom. The van der Waals surface area contributed by atoms with Crippen molar-refractivity contribution in [3.05, 3.63) is 35.4 Å². The Bertz CT molecular complexity index is 427. The molecule has 1 amide bonds. The number of nitrogens with zero attached hydrogens (tertiary/aromatic N) is 1. The van der Waals surface area contributed by atoms with Crippen molar-refractivity contribution in [1.29, 1.82) is 5.26 Å². The molecule has 0 atom stereocenters. The molecule has 90 valence electrons. The standard InChI is InChI=1S/C14H18N2O/c1-11-4-6-12(7-5-11)8-9-16-13(17)14(2,3)10-15/h4-7H,8-9H2,1-3H3,(H,16,17). The molecule has 0 aliphatic rings. The number of hydrogen-bond donors (Lipinski definition) is 1. The molecule has 1 aromatic rings. The quantitative estimate of drug-likeness (QED) is 0.862. The van der Waals surface area contributed by atoms with Crippen molar-refractivity contribution in [1.82, 2.24) is 5.32 Å². The first-order valence-electron chi connectivity index (χ1n) is 5.71. The van der Waals surface area contributed by atoms with E-state index >= 15 is 0 Å². The Labute approximate surface area is 102 Å². The van der Waals surface area contributed by atoms with Crippen LogP contribution in [0.5, 0.6) is 0 Å². The van der Waals surface area contributed by atoms with E-state index in [2.05, 4.69) is 29.6 Å². The first kappa shape index (κ1) is 13.2. The van der Waals surface area contributed by atoms with Crippen molar-refractivity contribution >= 4 is 5.91 Å². The Kier molecular flexibility index (Phi) is 4.28. The maximum atomic E-state index is 11.6. The van der Waals surface area contributed by atoms with Gasteiger partial charge in [0.2, 0.25) is 5.91 Å². The number of carbonyl (C=O) groups is 1. The number of benzene rings is 1. The summed E-state index contributed by atoms with van der Waals surface area (Å²) in [5, 5.41) is 11.6. The summed E-state index contributed by atoms with van der Waals surface area (Å²) in [7, 11) is 0. The summed E-state index contributed by atoms with van der Waals surface area (Å²) in [5.41, 5.74) is 1.46. The molecule has 0 fully saturated rings. The highest BCUT2D eigenvalue weighted by atomic mass is 16.2. The summed E-state index contributed by atoms with van der Waals surface area (Å²) in [6.45, 7) is 5.84. The molecule has 0 spiro atoms. The fourth-order valence-corrected chi connectivity index (χ4v) is 1.35. The third-order valence-corrected chi connectivity index (χ3v) is 2.67. The fraction of sp³-hybridized carbons (Fsp3) is 0.429. The molecule has 3 heteroatoms. The molecule has 1 rings (SSSR count). The Morgan fingerprint density at radius 3 is 2.47 bits per heavy atom. The second-order valence-corrected chi connectivity index (χ2v) is 4.73. The van der Waals surface area contributed by atoms with Crippen LogP contribution in [0.25, 0.3) is 0 Å². The molecular weight excluding hydrogens is 212 g/mol. The Morgan fingerprint density at radius 2 is 1.94 bits per heavy atom. The lowest BCUT2D eigenvalue weighted by Crippen LogP contribution is -2.36. The van der Waals surface area contributed by atoms with Gasteiger partial charge in [0.25, 0.3) is 0 Å². The summed E-state index contributed by atoms with van der Waals surface area (Å²) in [4.78, 5) is 11.6. The molecule has 0 unspecified atom stereocenters. The summed E-state index contributed by atoms with van der Waals surface area (Å²) < 4.78 is 0. The zero-order valence-electron chi connectivity index (χ0n) is 10.6. The van der Waals surface area contributed by atoms with Crippen LogP contribution in [0.1, 0.15) is 25.0 Å². The molecular formula is C14H18N2O. The molecule has 1 aromatic carbocycles. The lowest BCUT2D eigenvalue weighted by Gasteiger charge is -2.14. The predicted molar refractivity (Wildman–Crippen MR) is 67.3 cm³/mol. The van der Waals surface area contributed by atoms with E-state index < -0.39 is 5.41 Å². The molecule has 1 N–H and O–H groups in total. The number of aryl methyl sites for hydroxylation is 1. The van der Waals surface area contributed by atoms with Gasteiger partial charge in [0, 0.05) is 6.54 Å². The summed E-state index contributed by atoms with van der Waals surface area (Å²) in [5.74, 6) is -0.216. The van der Waals surface area contributed by atoms with Gasteiger partial charge in [-0.05, 0) is 32.8 Å². The van der Waals surface area contributed by atoms with Gasteiger partial charge in [0.1, 0.15) is 5.41 Å². The average molecular weight is 230 g/mol. The van der Waals surface area contributed by atoms with E-state index in [1.807, 2.05) is 13.0 Å². The van der Waals surface area contributed by atoms with Crippen molar-refractivity contribution in [3.8, 4) is 6.07 Å². The second-order valence-electron chi connectivity index (χ2n) is 4.73. The highest BCUT2D eigenvalue weighted by Crippen LogP contribution is 2.12. The topological polar surface area (TPSA) is 52.9 Å². The van der Waals surface area contributed by atoms with Gasteiger partial charge in [-0.1, -0.05) is 29.8 Å². The molecule has 0 aliphatic carbocycles. The van der Waals surface area contributed by atoms with Crippen LogP contribution < -0.4 is 5.32 Å². The van der Waals surface area contributed by atoms with E-state index in [0.29, 0.717) is 6.54 Å². The van der Waals surface area contributed by atoms with Gasteiger partial charge in [0.05, 0.1) is 6.07 Å². The predicted octanol–water partition coefficient (Wildman–Crippen LogP) is 2.20. The molecule has 3 nitrogen and oxygen atoms in total. The highest BCUT2D eigenvalue weighted by molar-refractivity contribution is 5.84. The van der Waals surface area contributed by atoms with Gasteiger partial charge in [0.15, 0.2) is 0 Å². The second kappa shape index (κ2) is 5.49. The van der Waals surface area contributed by atoms with Crippen LogP contribution in [-0.2, 0) is 11.2 Å². The third-order valence-electron chi connectivity index (χ3n) is 2.67. The fourth-order valence-electron chi connectivity index (χ4n) is 1.35. The van der Waals surface area contributed by atoms with Crippen LogP contribution >= 0.6 is 0 Å². The van der Waals surface area contributed by atoms with Crippen molar-refractivity contribution in [3.63, 3.8) is 0 Å². The first-order chi connectivity index (χ1) is 7.95. The Balaban J connectivity index is 2.41. The zero-order valence-corrected chi connectivity index (χ0v) is 10.6. The van der Waals surface area contributed by atoms with Crippen molar-refractivity contribution in [2.75, 3.05) is 6.54 Å². The van der Waals surface area contributed by atoms with Gasteiger partial charge >= 0.3 is 0 Å². The number of hydrogen-bond acceptors (Lipinski definition) is 2. The number of nitriles is 1. The highest BCUT2D eigenvalue weighted by Gasteiger charge is 2.26. The minimum atomic E-state index is -0.951. The van der Waals surface area contributed by atoms with E-state index in [0.717, 1.165) is 6.42 Å². The summed E-state index contributed by atoms with van der Waals surface area (Å²) in [6.07, 6.45) is 0.785. The normalized spacial score (nSPS) is 10.7. The van der Waals surface area contributed by atoms with Crippen LogP contribution in [0, 0.1) is 23.7 Å². The number of nitrogens with one attached hydrogen (secondary N) is 1. The Hall–Kier alpha value is -1.82. The van der Waals surface area contributed by atoms with Gasteiger partial charge in [-0.2, -0.15) is 5.26 Å². The third kappa shape index (κ3) is 3.92. The minimum absolute atomic E-state index is 0.216. The maximum Gasteiger partial charge on any atom is 0.239 e. The van der Waals surface area contributed by atoms with E-state index in [4.69, 9.17) is 5.26 Å². The summed E-state index contributed by atoms with van der Waals surface area (Å²) in [6, 6.07) is 10.2. The maximum absolute atomic E-state index is 11.6. The molecule has 0 radical (unpaired) electrons. The van der Waals surface area contributed by atoms with Gasteiger partial charge in [-0.15, -0.1) is 0 Å². The van der Waals surface area contributed by atoms with Gasteiger partial charge < -0.3 is 5.32 Å². The lowest BCUT2D eigenvalue weighted by molar-refractivity contribution is -0.126. The molecule has 0 saturated carbocycles. The SMILES string of the molecule is Cc1ccc(CCNC(=O)C(C)(C)C#N)cc1. The first-order valence-corrected chi connectivity index (χ1v) is 5.71. The van der Waals surface area contributed by atoms with Crippen LogP contribution in [0.3, 0.4) is 0 Å². The van der Waals surface area contributed by atoms with Crippen LogP contribution in [-0.4, -0.2) is 12.5 Å². The summed E-state index contributed by atoms with van der Waals surface area (Å²) >= 11 is 0. The lowest BCUT2D eigenvalue weighted by atomic mass is 9.95. The number of rotatable bonds is 4. The smallest absolute Gasteiger partial charge is 0.239 e. The molecule has 0 saturated heterocycles. The molecule has 0 heterocycles. The zero-order chi connectivity index (χ0) is 12.9. The van der Waals surface area contributed by atoms with Crippen LogP contribution in [0.15, 0.2) is 24.3 Å². The van der Waals surface area contributed by atoms with E-state index in [1.54, 1.807) is 13.8 Å². The number of carbonyl (C=O) groups excluding carboxylic acids is 1. The van der Waals surface area contributed by atoms with E-state index in [9.17, 15) is 4.79 Å². The van der Waals surface area contributed by atoms with Gasteiger partial charge in [-0.3, -0.25) is 4.79 Å². The van der Waals surface area contributed by atoms with Crippen molar-refractivity contribution < 1.29 is 4.79 Å². The van der Waals surface area contributed by atoms with Crippen molar-refractivity contribution in [2.45, 2.75) is 27.2 Å². The van der Waals surface area contributed by atoms with E-state index in [1.165, 1.54) is 11.1 Å². The van der Waals surface area contributed by atoms with E-state index in [-0.39, 0.29) is 5.91 Å². The van der Waals surface area contributed by atoms with Crippen molar-refractivity contribution in [2.24, 2.45) is 5.41 Å². The van der Waals surface area contributed by atoms with Crippen LogP contribution in [0.4, 0.5) is 0 Å². The average Bonchev–Trinajstić information content (AvgIpc) is 2.31. The monoisotopic (exact) mass is 230 g/mol. The minimum Gasteiger partial charge on any atom is -0.354 e. The van der Waals surface area contributed by atoms with Gasteiger partial charge in [-0.25, -0.2) is 0 Å². The number of amides is 1. The van der Waals surface area contributed by atoms with Crippen LogP contribution in [0.2, 0.25) is 0 Å². The largest absolute Gasteiger partial charge is 0.354 e. The molecule has 0 aromatic heterocycles.